The molecule has 2 aromatic rings. The molecule has 0 radical (unpaired) electrons. The molecule has 1 aliphatic rings. The van der Waals surface area contributed by atoms with Crippen molar-refractivity contribution in [2.45, 2.75) is 24.2 Å². The van der Waals surface area contributed by atoms with E-state index in [1.54, 1.807) is 0 Å². The molecule has 0 saturated carbocycles. The lowest BCUT2D eigenvalue weighted by Gasteiger charge is -2.30. The van der Waals surface area contributed by atoms with E-state index >= 15 is 0 Å². The second kappa shape index (κ2) is 10.3. The van der Waals surface area contributed by atoms with Crippen molar-refractivity contribution >= 4 is 32.9 Å². The predicted octanol–water partition coefficient (Wildman–Crippen LogP) is 3.36. The Bertz CT molecular complexity index is 1030. The van der Waals surface area contributed by atoms with Gasteiger partial charge in [-0.05, 0) is 43.5 Å². The highest BCUT2D eigenvalue weighted by molar-refractivity contribution is 7.90. The molecule has 1 aliphatic heterocycles. The Morgan fingerprint density at radius 3 is 2.48 bits per heavy atom. The van der Waals surface area contributed by atoms with E-state index in [4.69, 9.17) is 4.99 Å². The Morgan fingerprint density at radius 1 is 1.13 bits per heavy atom. The van der Waals surface area contributed by atoms with Crippen LogP contribution in [0.15, 0.2) is 58.4 Å². The van der Waals surface area contributed by atoms with Crippen LogP contribution < -0.4 is 10.6 Å². The van der Waals surface area contributed by atoms with Gasteiger partial charge in [0.25, 0.3) is 5.69 Å². The van der Waals surface area contributed by atoms with Gasteiger partial charge in [-0.1, -0.05) is 18.2 Å². The zero-order chi connectivity index (χ0) is 22.3. The molecule has 0 aromatic heterocycles. The number of benzene rings is 2. The number of aliphatic imine (C=N–C) groups is 1. The van der Waals surface area contributed by atoms with E-state index in [-0.39, 0.29) is 16.3 Å². The van der Waals surface area contributed by atoms with Gasteiger partial charge in [-0.25, -0.2) is 8.42 Å². The molecule has 10 heteroatoms. The van der Waals surface area contributed by atoms with Crippen molar-refractivity contribution in [1.82, 2.24) is 4.90 Å². The maximum atomic E-state index is 11.7. The number of rotatable bonds is 7. The van der Waals surface area contributed by atoms with Crippen molar-refractivity contribution in [3.63, 3.8) is 0 Å². The monoisotopic (exact) mass is 445 g/mol. The number of hydrogen-bond donors (Lipinski definition) is 2. The lowest BCUT2D eigenvalue weighted by atomic mass is 10.1. The number of hydrogen-bond acceptors (Lipinski definition) is 6. The zero-order valence-corrected chi connectivity index (χ0v) is 18.3. The topological polar surface area (TPSA) is 117 Å². The van der Waals surface area contributed by atoms with E-state index < -0.39 is 14.8 Å². The highest BCUT2D eigenvalue weighted by atomic mass is 32.2. The molecule has 0 aliphatic carbocycles. The summed E-state index contributed by atoms with van der Waals surface area (Å²) < 4.78 is 23.4. The second-order valence-electron chi connectivity index (χ2n) is 7.38. The van der Waals surface area contributed by atoms with Gasteiger partial charge in [0.05, 0.1) is 16.4 Å². The summed E-state index contributed by atoms with van der Waals surface area (Å²) in [5.41, 5.74) is 0.945. The number of piperidine rings is 1. The summed E-state index contributed by atoms with van der Waals surface area (Å²) in [5, 5.41) is 17.8. The molecular weight excluding hydrogens is 418 g/mol. The first kappa shape index (κ1) is 22.5. The first-order chi connectivity index (χ1) is 14.8. The third-order valence-electron chi connectivity index (χ3n) is 4.97. The summed E-state index contributed by atoms with van der Waals surface area (Å²) in [5.74, 6) is 0.787. The minimum atomic E-state index is -3.52. The summed E-state index contributed by atoms with van der Waals surface area (Å²) in [4.78, 5) is 17.6. The van der Waals surface area contributed by atoms with Crippen LogP contribution >= 0.6 is 0 Å². The molecule has 0 amide bonds. The van der Waals surface area contributed by atoms with Crippen LogP contribution in [-0.4, -0.2) is 56.6 Å². The van der Waals surface area contributed by atoms with Crippen molar-refractivity contribution in [3.8, 4) is 0 Å². The zero-order valence-electron chi connectivity index (χ0n) is 17.5. The molecule has 0 bridgehead atoms. The van der Waals surface area contributed by atoms with Gasteiger partial charge in [-0.2, -0.15) is 0 Å². The lowest BCUT2D eigenvalue weighted by Crippen LogP contribution is -2.40. The van der Waals surface area contributed by atoms with Crippen molar-refractivity contribution in [2.24, 2.45) is 4.99 Å². The Kier molecular flexibility index (Phi) is 7.45. The third kappa shape index (κ3) is 6.42. The van der Waals surface area contributed by atoms with Gasteiger partial charge in [0.15, 0.2) is 15.8 Å². The average Bonchev–Trinajstić information content (AvgIpc) is 2.76. The van der Waals surface area contributed by atoms with Gasteiger partial charge in [-0.3, -0.25) is 15.1 Å². The fourth-order valence-electron chi connectivity index (χ4n) is 3.37. The largest absolute Gasteiger partial charge is 0.378 e. The maximum absolute atomic E-state index is 11.7. The van der Waals surface area contributed by atoms with Crippen LogP contribution in [0.3, 0.4) is 0 Å². The number of nitro groups is 1. The Hall–Kier alpha value is -3.14. The number of sulfone groups is 1. The first-order valence-corrected chi connectivity index (χ1v) is 12.1. The number of anilines is 2. The highest BCUT2D eigenvalue weighted by Crippen LogP contribution is 2.27. The van der Waals surface area contributed by atoms with E-state index in [1.807, 2.05) is 30.3 Å². The number of likely N-dealkylation sites (tertiary alicyclic amines) is 1. The Balaban J connectivity index is 1.70. The molecule has 31 heavy (non-hydrogen) atoms. The number of para-hydroxylation sites is 1. The number of guanidine groups is 1. The van der Waals surface area contributed by atoms with E-state index in [2.05, 4.69) is 15.5 Å². The van der Waals surface area contributed by atoms with Crippen LogP contribution in [0.1, 0.15) is 19.3 Å². The van der Waals surface area contributed by atoms with E-state index in [9.17, 15) is 18.5 Å². The van der Waals surface area contributed by atoms with E-state index in [0.29, 0.717) is 13.1 Å². The van der Waals surface area contributed by atoms with Gasteiger partial charge in [0.1, 0.15) is 5.69 Å². The fraction of sp³-hybridized carbons (Fsp3) is 0.381. The van der Waals surface area contributed by atoms with Gasteiger partial charge in [0.2, 0.25) is 0 Å². The molecule has 1 heterocycles. The third-order valence-corrected chi connectivity index (χ3v) is 6.08. The summed E-state index contributed by atoms with van der Waals surface area (Å²) >= 11 is 0. The minimum absolute atomic E-state index is 0.0813. The smallest absolute Gasteiger partial charge is 0.293 e. The van der Waals surface area contributed by atoms with E-state index in [1.165, 1.54) is 18.6 Å². The van der Waals surface area contributed by atoms with Crippen molar-refractivity contribution < 1.29 is 13.3 Å². The van der Waals surface area contributed by atoms with Gasteiger partial charge in [-0.15, -0.1) is 0 Å². The summed E-state index contributed by atoms with van der Waals surface area (Å²) in [6.45, 7) is 2.64. The van der Waals surface area contributed by atoms with Crippen molar-refractivity contribution in [1.29, 1.82) is 0 Å². The molecule has 9 nitrogen and oxygen atoms in total. The molecule has 0 atom stereocenters. The van der Waals surface area contributed by atoms with Crippen LogP contribution in [-0.2, 0) is 9.84 Å². The molecule has 2 N–H and O–H groups in total. The molecule has 0 unspecified atom stereocenters. The highest BCUT2D eigenvalue weighted by Gasteiger charge is 2.19. The predicted molar refractivity (Wildman–Crippen MR) is 122 cm³/mol. The lowest BCUT2D eigenvalue weighted by molar-refractivity contribution is -0.384. The van der Waals surface area contributed by atoms with Crippen LogP contribution in [0.4, 0.5) is 17.1 Å². The average molecular weight is 446 g/mol. The molecule has 2 aromatic carbocycles. The number of nitro benzene ring substituents is 1. The van der Waals surface area contributed by atoms with Crippen molar-refractivity contribution in [2.75, 3.05) is 43.1 Å². The molecular formula is C21H27N5O4S. The Labute approximate surface area is 182 Å². The van der Waals surface area contributed by atoms with Crippen LogP contribution in [0, 0.1) is 10.1 Å². The SMILES string of the molecule is CS(=O)(=O)c1ccc(NCCN=C(Nc2ccccc2)N2CCCCC2)c([N+](=O)[O-])c1. The second-order valence-corrected chi connectivity index (χ2v) is 9.39. The molecule has 0 spiro atoms. The van der Waals surface area contributed by atoms with Crippen molar-refractivity contribution in [3.05, 3.63) is 58.6 Å². The minimum Gasteiger partial charge on any atom is -0.378 e. The molecule has 1 fully saturated rings. The molecule has 3 rings (SSSR count). The van der Waals surface area contributed by atoms with Gasteiger partial charge >= 0.3 is 0 Å². The quantitative estimate of drug-likeness (QED) is 0.221. The van der Waals surface area contributed by atoms with Crippen LogP contribution in [0.5, 0.6) is 0 Å². The van der Waals surface area contributed by atoms with Crippen LogP contribution in [0.2, 0.25) is 0 Å². The fourth-order valence-corrected chi connectivity index (χ4v) is 4.01. The maximum Gasteiger partial charge on any atom is 0.293 e. The summed E-state index contributed by atoms with van der Waals surface area (Å²) in [6.07, 6.45) is 4.47. The van der Waals surface area contributed by atoms with Gasteiger partial charge < -0.3 is 15.5 Å². The van der Waals surface area contributed by atoms with E-state index in [0.717, 1.165) is 49.9 Å². The standard InChI is InChI=1S/C21H27N5O4S/c1-31(29,30)18-10-11-19(20(16-18)26(27)28)22-12-13-23-21(25-14-6-3-7-15-25)24-17-8-4-2-5-9-17/h2,4-5,8-11,16,22H,3,6-7,12-15H2,1H3,(H,23,24). The van der Waals surface area contributed by atoms with Crippen LogP contribution in [0.25, 0.3) is 0 Å². The number of nitrogens with one attached hydrogen (secondary N) is 2. The summed E-state index contributed by atoms with van der Waals surface area (Å²) in [7, 11) is -3.52. The van der Waals surface area contributed by atoms with Gasteiger partial charge in [0, 0.05) is 37.6 Å². The summed E-state index contributed by atoms with van der Waals surface area (Å²) in [6, 6.07) is 13.7. The molecule has 1 saturated heterocycles. The number of nitrogens with zero attached hydrogens (tertiary/aromatic N) is 3. The Morgan fingerprint density at radius 2 is 1.84 bits per heavy atom. The first-order valence-electron chi connectivity index (χ1n) is 10.2. The normalized spacial score (nSPS) is 14.9. The molecule has 166 valence electrons.